The van der Waals surface area contributed by atoms with Crippen LogP contribution in [0.3, 0.4) is 0 Å². The van der Waals surface area contributed by atoms with Crippen molar-refractivity contribution >= 4 is 12.4 Å². The fraction of sp³-hybridized carbons (Fsp3) is 0.143. The number of rotatable bonds is 1. The fourth-order valence-electron chi connectivity index (χ4n) is 0.950. The van der Waals surface area contributed by atoms with Crippen molar-refractivity contribution in [2.75, 3.05) is 6.79 Å². The highest BCUT2D eigenvalue weighted by molar-refractivity contribution is 5.85. The van der Waals surface area contributed by atoms with E-state index in [-0.39, 0.29) is 19.2 Å². The summed E-state index contributed by atoms with van der Waals surface area (Å²) in [5.74, 6) is 6.91. The standard InChI is InChI=1S/C7H7NO3.ClH/c8-11-5-1-2-6-7(3-5)10-4-9-6;/h1-3H,4,8H2;1H. The molecule has 66 valence electrons. The maximum Gasteiger partial charge on any atom is 0.231 e. The lowest BCUT2D eigenvalue weighted by Crippen LogP contribution is -2.01. The minimum absolute atomic E-state index is 0. The summed E-state index contributed by atoms with van der Waals surface area (Å²) >= 11 is 0. The van der Waals surface area contributed by atoms with Gasteiger partial charge in [-0.25, -0.2) is 0 Å². The summed E-state index contributed by atoms with van der Waals surface area (Å²) in [5, 5.41) is 0. The predicted octanol–water partition coefficient (Wildman–Crippen LogP) is 1.09. The first-order valence-electron chi connectivity index (χ1n) is 3.16. The quantitative estimate of drug-likeness (QED) is 0.672. The Balaban J connectivity index is 0.000000720. The highest BCUT2D eigenvalue weighted by atomic mass is 35.5. The SMILES string of the molecule is Cl.NOc1ccc2c(c1)OCO2. The number of benzene rings is 1. The Morgan fingerprint density at radius 1 is 1.25 bits per heavy atom. The van der Waals surface area contributed by atoms with E-state index in [1.807, 2.05) is 0 Å². The fourth-order valence-corrected chi connectivity index (χ4v) is 0.950. The van der Waals surface area contributed by atoms with Crippen molar-refractivity contribution in [2.24, 2.45) is 5.90 Å². The van der Waals surface area contributed by atoms with E-state index in [2.05, 4.69) is 4.84 Å². The van der Waals surface area contributed by atoms with Crippen molar-refractivity contribution in [1.82, 2.24) is 0 Å². The first kappa shape index (κ1) is 8.96. The van der Waals surface area contributed by atoms with Gasteiger partial charge >= 0.3 is 0 Å². The normalized spacial score (nSPS) is 12.1. The molecular formula is C7H8ClNO3. The smallest absolute Gasteiger partial charge is 0.231 e. The van der Waals surface area contributed by atoms with Gasteiger partial charge in [0.15, 0.2) is 17.2 Å². The third-order valence-electron chi connectivity index (χ3n) is 1.48. The molecule has 0 saturated carbocycles. The molecule has 0 atom stereocenters. The van der Waals surface area contributed by atoms with E-state index in [0.717, 1.165) is 5.75 Å². The van der Waals surface area contributed by atoms with E-state index >= 15 is 0 Å². The maximum absolute atomic E-state index is 5.08. The Morgan fingerprint density at radius 2 is 2.00 bits per heavy atom. The Bertz CT molecular complexity index is 279. The number of hydrogen-bond acceptors (Lipinski definition) is 4. The number of hydrogen-bond donors (Lipinski definition) is 1. The molecule has 5 heteroatoms. The second kappa shape index (κ2) is 3.51. The van der Waals surface area contributed by atoms with Crippen LogP contribution in [0.4, 0.5) is 0 Å². The molecule has 0 bridgehead atoms. The first-order chi connectivity index (χ1) is 5.40. The molecule has 1 aliphatic heterocycles. The molecule has 0 radical (unpaired) electrons. The van der Waals surface area contributed by atoms with Crippen molar-refractivity contribution in [3.63, 3.8) is 0 Å². The summed E-state index contributed by atoms with van der Waals surface area (Å²) in [6, 6.07) is 5.15. The van der Waals surface area contributed by atoms with Gasteiger partial charge in [0.1, 0.15) is 0 Å². The summed E-state index contributed by atoms with van der Waals surface area (Å²) < 4.78 is 10.2. The van der Waals surface area contributed by atoms with Gasteiger partial charge in [-0.05, 0) is 12.1 Å². The zero-order valence-corrected chi connectivity index (χ0v) is 6.97. The van der Waals surface area contributed by atoms with Gasteiger partial charge < -0.3 is 14.3 Å². The molecule has 2 rings (SSSR count). The third-order valence-corrected chi connectivity index (χ3v) is 1.48. The third kappa shape index (κ3) is 1.39. The van der Waals surface area contributed by atoms with Crippen LogP contribution >= 0.6 is 12.4 Å². The van der Waals surface area contributed by atoms with Crippen LogP contribution in [0.2, 0.25) is 0 Å². The molecule has 1 aliphatic rings. The van der Waals surface area contributed by atoms with E-state index in [0.29, 0.717) is 11.5 Å². The van der Waals surface area contributed by atoms with Crippen molar-refractivity contribution in [3.8, 4) is 17.2 Å². The average Bonchev–Trinajstić information content (AvgIpc) is 2.50. The highest BCUT2D eigenvalue weighted by Crippen LogP contribution is 2.34. The second-order valence-electron chi connectivity index (χ2n) is 2.13. The van der Waals surface area contributed by atoms with Gasteiger partial charge in [0, 0.05) is 6.07 Å². The molecule has 1 aromatic carbocycles. The largest absolute Gasteiger partial charge is 0.454 e. The molecule has 0 amide bonds. The van der Waals surface area contributed by atoms with Gasteiger partial charge in [-0.1, -0.05) is 0 Å². The molecule has 0 aromatic heterocycles. The molecule has 0 aliphatic carbocycles. The molecule has 0 saturated heterocycles. The molecule has 1 heterocycles. The lowest BCUT2D eigenvalue weighted by molar-refractivity contribution is 0.173. The van der Waals surface area contributed by atoms with Crippen molar-refractivity contribution < 1.29 is 14.3 Å². The molecule has 4 nitrogen and oxygen atoms in total. The molecular weight excluding hydrogens is 182 g/mol. The number of nitrogens with two attached hydrogens (primary N) is 1. The summed E-state index contributed by atoms with van der Waals surface area (Å²) in [4.78, 5) is 4.50. The summed E-state index contributed by atoms with van der Waals surface area (Å²) in [7, 11) is 0. The second-order valence-corrected chi connectivity index (χ2v) is 2.13. The highest BCUT2D eigenvalue weighted by Gasteiger charge is 2.12. The van der Waals surface area contributed by atoms with Crippen molar-refractivity contribution in [3.05, 3.63) is 18.2 Å². The lowest BCUT2D eigenvalue weighted by atomic mass is 10.3. The van der Waals surface area contributed by atoms with E-state index in [9.17, 15) is 0 Å². The topological polar surface area (TPSA) is 53.7 Å². The molecule has 1 aromatic rings. The zero-order valence-electron chi connectivity index (χ0n) is 6.15. The summed E-state index contributed by atoms with van der Waals surface area (Å²) in [6.07, 6.45) is 0. The monoisotopic (exact) mass is 189 g/mol. The van der Waals surface area contributed by atoms with E-state index in [4.69, 9.17) is 15.4 Å². The van der Waals surface area contributed by atoms with Crippen LogP contribution in [0.5, 0.6) is 17.2 Å². The van der Waals surface area contributed by atoms with Gasteiger partial charge in [0.05, 0.1) is 0 Å². The van der Waals surface area contributed by atoms with E-state index < -0.39 is 0 Å². The Labute approximate surface area is 75.6 Å². The number of fused-ring (bicyclic) bond motifs is 1. The molecule has 2 N–H and O–H groups in total. The van der Waals surface area contributed by atoms with Crippen LogP contribution in [0.15, 0.2) is 18.2 Å². The Morgan fingerprint density at radius 3 is 2.75 bits per heavy atom. The van der Waals surface area contributed by atoms with Crippen LogP contribution in [0.1, 0.15) is 0 Å². The van der Waals surface area contributed by atoms with Crippen molar-refractivity contribution in [1.29, 1.82) is 0 Å². The average molecular weight is 190 g/mol. The maximum atomic E-state index is 5.08. The van der Waals surface area contributed by atoms with Crippen LogP contribution in [0.25, 0.3) is 0 Å². The minimum atomic E-state index is 0. The molecule has 0 spiro atoms. The summed E-state index contributed by atoms with van der Waals surface area (Å²) in [5.41, 5.74) is 0. The number of ether oxygens (including phenoxy) is 2. The van der Waals surface area contributed by atoms with Crippen LogP contribution in [0, 0.1) is 0 Å². The van der Waals surface area contributed by atoms with E-state index in [1.54, 1.807) is 18.2 Å². The molecule has 0 unspecified atom stereocenters. The summed E-state index contributed by atoms with van der Waals surface area (Å²) in [6.45, 7) is 0.267. The lowest BCUT2D eigenvalue weighted by Gasteiger charge is -1.98. The van der Waals surface area contributed by atoms with Crippen LogP contribution < -0.4 is 20.2 Å². The van der Waals surface area contributed by atoms with Gasteiger partial charge in [0.25, 0.3) is 0 Å². The zero-order chi connectivity index (χ0) is 7.68. The van der Waals surface area contributed by atoms with Crippen LogP contribution in [-0.4, -0.2) is 6.79 Å². The predicted molar refractivity (Wildman–Crippen MR) is 44.6 cm³/mol. The van der Waals surface area contributed by atoms with Gasteiger partial charge in [-0.3, -0.25) is 0 Å². The van der Waals surface area contributed by atoms with E-state index in [1.165, 1.54) is 0 Å². The van der Waals surface area contributed by atoms with Gasteiger partial charge in [0.2, 0.25) is 6.79 Å². The molecule has 0 fully saturated rings. The Kier molecular flexibility index (Phi) is 2.62. The van der Waals surface area contributed by atoms with Gasteiger partial charge in [-0.15, -0.1) is 12.4 Å². The molecule has 12 heavy (non-hydrogen) atoms. The van der Waals surface area contributed by atoms with Gasteiger partial charge in [-0.2, -0.15) is 5.90 Å². The number of halogens is 1. The van der Waals surface area contributed by atoms with Crippen LogP contribution in [-0.2, 0) is 0 Å². The first-order valence-corrected chi connectivity index (χ1v) is 3.16. The van der Waals surface area contributed by atoms with Crippen molar-refractivity contribution in [2.45, 2.75) is 0 Å². The Hall–Kier alpha value is -1.13. The minimum Gasteiger partial charge on any atom is -0.454 e.